The van der Waals surface area contributed by atoms with Gasteiger partial charge in [-0.3, -0.25) is 14.6 Å². The van der Waals surface area contributed by atoms with Gasteiger partial charge in [-0.05, 0) is 50.5 Å². The molecular formula is C32H44ClFN4O. The van der Waals surface area contributed by atoms with Crippen LogP contribution in [0.3, 0.4) is 0 Å². The zero-order chi connectivity index (χ0) is 27.4. The average Bonchev–Trinajstić information content (AvgIpc) is 3.41. The van der Waals surface area contributed by atoms with Crippen molar-refractivity contribution in [3.63, 3.8) is 0 Å². The molecule has 1 amide bonds. The van der Waals surface area contributed by atoms with Crippen molar-refractivity contribution >= 4 is 17.5 Å². The Balaban J connectivity index is 1.23. The molecule has 7 heteroatoms. The van der Waals surface area contributed by atoms with Crippen LogP contribution in [0.2, 0.25) is 5.02 Å². The summed E-state index contributed by atoms with van der Waals surface area (Å²) in [5.41, 5.74) is 2.02. The highest BCUT2D eigenvalue weighted by Gasteiger charge is 2.44. The van der Waals surface area contributed by atoms with E-state index < -0.39 is 0 Å². The van der Waals surface area contributed by atoms with Crippen LogP contribution in [0.25, 0.3) is 0 Å². The second kappa shape index (κ2) is 12.7. The van der Waals surface area contributed by atoms with E-state index in [0.29, 0.717) is 18.5 Å². The summed E-state index contributed by atoms with van der Waals surface area (Å²) in [5.74, 6) is 0.330. The van der Waals surface area contributed by atoms with Gasteiger partial charge < -0.3 is 10.2 Å². The van der Waals surface area contributed by atoms with Crippen LogP contribution >= 0.6 is 11.6 Å². The van der Waals surface area contributed by atoms with Crippen molar-refractivity contribution in [1.29, 1.82) is 0 Å². The lowest BCUT2D eigenvalue weighted by molar-refractivity contribution is -0.138. The second-order valence-corrected chi connectivity index (χ2v) is 12.5. The van der Waals surface area contributed by atoms with Gasteiger partial charge in [0.25, 0.3) is 0 Å². The summed E-state index contributed by atoms with van der Waals surface area (Å²) in [5, 5.41) is 4.33. The van der Waals surface area contributed by atoms with Crippen molar-refractivity contribution < 1.29 is 9.18 Å². The third-order valence-corrected chi connectivity index (χ3v) is 9.72. The van der Waals surface area contributed by atoms with Gasteiger partial charge >= 0.3 is 0 Å². The standard InChI is InChI=1S/C32H44ClFN4O/c1-24(2)37-21-28(25-10-12-27(33)13-11-25)29(22-37)31(39)36-16-18-38(19-17-36)32(14-6-3-7-15-32)23-35-20-26-8-4-5-9-30(26)34/h4-5,8-13,24,28-29,35H,3,6-7,14-23H2,1-2H3/t28-,29+/m1/s1. The highest BCUT2D eigenvalue weighted by molar-refractivity contribution is 6.30. The van der Waals surface area contributed by atoms with E-state index in [1.54, 1.807) is 6.07 Å². The molecule has 2 heterocycles. The number of likely N-dealkylation sites (tertiary alicyclic amines) is 1. The Hall–Kier alpha value is -1.99. The lowest BCUT2D eigenvalue weighted by atomic mass is 9.79. The van der Waals surface area contributed by atoms with E-state index in [9.17, 15) is 9.18 Å². The minimum Gasteiger partial charge on any atom is -0.340 e. The predicted molar refractivity (Wildman–Crippen MR) is 156 cm³/mol. The predicted octanol–water partition coefficient (Wildman–Crippen LogP) is 5.54. The molecular weight excluding hydrogens is 511 g/mol. The molecule has 5 rings (SSSR count). The van der Waals surface area contributed by atoms with Crippen LogP contribution in [-0.2, 0) is 11.3 Å². The van der Waals surface area contributed by atoms with Crippen molar-refractivity contribution in [2.45, 2.75) is 70.0 Å². The van der Waals surface area contributed by atoms with E-state index in [2.05, 4.69) is 46.0 Å². The highest BCUT2D eigenvalue weighted by atomic mass is 35.5. The molecule has 212 valence electrons. The monoisotopic (exact) mass is 554 g/mol. The summed E-state index contributed by atoms with van der Waals surface area (Å²) in [4.78, 5) is 21.1. The Morgan fingerprint density at radius 1 is 1.00 bits per heavy atom. The minimum absolute atomic E-state index is 0.0220. The van der Waals surface area contributed by atoms with Crippen LogP contribution < -0.4 is 5.32 Å². The number of piperazine rings is 1. The molecule has 5 nitrogen and oxygen atoms in total. The normalized spacial score (nSPS) is 24.4. The molecule has 0 bridgehead atoms. The molecule has 0 unspecified atom stereocenters. The molecule has 2 aromatic rings. The van der Waals surface area contributed by atoms with Crippen LogP contribution in [0.1, 0.15) is 63.0 Å². The lowest BCUT2D eigenvalue weighted by Gasteiger charge is -2.50. The van der Waals surface area contributed by atoms with Crippen molar-refractivity contribution in [1.82, 2.24) is 20.0 Å². The van der Waals surface area contributed by atoms with Crippen molar-refractivity contribution in [2.75, 3.05) is 45.8 Å². The third kappa shape index (κ3) is 6.51. The van der Waals surface area contributed by atoms with E-state index in [4.69, 9.17) is 11.6 Å². The fourth-order valence-corrected chi connectivity index (χ4v) is 7.20. The van der Waals surface area contributed by atoms with Crippen LogP contribution in [0, 0.1) is 11.7 Å². The Morgan fingerprint density at radius 2 is 1.69 bits per heavy atom. The first-order valence-corrected chi connectivity index (χ1v) is 15.2. The fourth-order valence-electron chi connectivity index (χ4n) is 7.08. The van der Waals surface area contributed by atoms with Gasteiger partial charge in [0, 0.05) is 80.4 Å². The maximum atomic E-state index is 14.2. The number of nitrogens with one attached hydrogen (secondary N) is 1. The summed E-state index contributed by atoms with van der Waals surface area (Å²) in [6.07, 6.45) is 6.08. The van der Waals surface area contributed by atoms with Crippen molar-refractivity contribution in [2.24, 2.45) is 5.92 Å². The molecule has 3 fully saturated rings. The van der Waals surface area contributed by atoms with Crippen molar-refractivity contribution in [3.8, 4) is 0 Å². The largest absolute Gasteiger partial charge is 0.340 e. The fraction of sp³-hybridized carbons (Fsp3) is 0.594. The number of carbonyl (C=O) groups excluding carboxylic acids is 1. The lowest BCUT2D eigenvalue weighted by Crippen LogP contribution is -2.62. The smallest absolute Gasteiger partial charge is 0.227 e. The number of hydrogen-bond donors (Lipinski definition) is 1. The number of rotatable bonds is 8. The van der Waals surface area contributed by atoms with Crippen LogP contribution in [-0.4, -0.2) is 78.0 Å². The minimum atomic E-state index is -0.144. The molecule has 0 radical (unpaired) electrons. The first-order chi connectivity index (χ1) is 18.9. The number of nitrogens with zero attached hydrogens (tertiary/aromatic N) is 3. The molecule has 1 saturated carbocycles. The molecule has 2 saturated heterocycles. The van der Waals surface area contributed by atoms with E-state index in [1.807, 2.05) is 24.3 Å². The van der Waals surface area contributed by atoms with Gasteiger partial charge in [-0.2, -0.15) is 0 Å². The first-order valence-electron chi connectivity index (χ1n) is 14.8. The zero-order valence-corrected chi connectivity index (χ0v) is 24.3. The first kappa shape index (κ1) is 28.5. The third-order valence-electron chi connectivity index (χ3n) is 9.47. The Kier molecular flexibility index (Phi) is 9.27. The number of halogens is 2. The Morgan fingerprint density at radius 3 is 2.36 bits per heavy atom. The molecule has 0 spiro atoms. The highest BCUT2D eigenvalue weighted by Crippen LogP contribution is 2.37. The van der Waals surface area contributed by atoms with Gasteiger partial charge in [-0.15, -0.1) is 0 Å². The maximum absolute atomic E-state index is 14.2. The topological polar surface area (TPSA) is 38.8 Å². The van der Waals surface area contributed by atoms with Crippen molar-refractivity contribution in [3.05, 3.63) is 70.5 Å². The summed E-state index contributed by atoms with van der Waals surface area (Å²) in [6.45, 7) is 10.9. The molecule has 2 aromatic carbocycles. The SMILES string of the molecule is CC(C)N1C[C@H](C(=O)N2CCN(C3(CNCc4ccccc4F)CCCCC3)CC2)[C@@H](c2ccc(Cl)cc2)C1. The number of amides is 1. The summed E-state index contributed by atoms with van der Waals surface area (Å²) < 4.78 is 14.2. The molecule has 2 atom stereocenters. The zero-order valence-electron chi connectivity index (χ0n) is 23.5. The molecule has 1 N–H and O–H groups in total. The summed E-state index contributed by atoms with van der Waals surface area (Å²) in [6, 6.07) is 15.5. The van der Waals surface area contributed by atoms with Gasteiger partial charge in [-0.25, -0.2) is 4.39 Å². The van der Waals surface area contributed by atoms with E-state index in [-0.39, 0.29) is 23.2 Å². The molecule has 2 aliphatic heterocycles. The molecule has 1 aliphatic carbocycles. The van der Waals surface area contributed by atoms with Crippen LogP contribution in [0.15, 0.2) is 48.5 Å². The second-order valence-electron chi connectivity index (χ2n) is 12.1. The van der Waals surface area contributed by atoms with Gasteiger partial charge in [0.1, 0.15) is 5.82 Å². The summed E-state index contributed by atoms with van der Waals surface area (Å²) in [7, 11) is 0. The van der Waals surface area contributed by atoms with E-state index in [0.717, 1.165) is 69.2 Å². The average molecular weight is 555 g/mol. The molecule has 39 heavy (non-hydrogen) atoms. The summed E-state index contributed by atoms with van der Waals surface area (Å²) >= 11 is 6.17. The Bertz CT molecular complexity index is 1100. The van der Waals surface area contributed by atoms with Gasteiger partial charge in [-0.1, -0.05) is 61.2 Å². The quantitative estimate of drug-likeness (QED) is 0.465. The van der Waals surface area contributed by atoms with E-state index >= 15 is 0 Å². The van der Waals surface area contributed by atoms with Gasteiger partial charge in [0.15, 0.2) is 0 Å². The molecule has 3 aliphatic rings. The van der Waals surface area contributed by atoms with Crippen LogP contribution in [0.5, 0.6) is 0 Å². The van der Waals surface area contributed by atoms with Gasteiger partial charge in [0.2, 0.25) is 5.91 Å². The van der Waals surface area contributed by atoms with E-state index in [1.165, 1.54) is 30.9 Å². The Labute approximate surface area is 238 Å². The number of hydrogen-bond acceptors (Lipinski definition) is 4. The number of carbonyl (C=O) groups is 1. The van der Waals surface area contributed by atoms with Gasteiger partial charge in [0.05, 0.1) is 5.92 Å². The maximum Gasteiger partial charge on any atom is 0.227 e. The number of benzene rings is 2. The van der Waals surface area contributed by atoms with Crippen LogP contribution in [0.4, 0.5) is 4.39 Å². The molecule has 0 aromatic heterocycles.